The van der Waals surface area contributed by atoms with Crippen LogP contribution in [0.3, 0.4) is 0 Å². The van der Waals surface area contributed by atoms with Gasteiger partial charge in [0, 0.05) is 6.07 Å². The molecule has 2 aromatic carbocycles. The van der Waals surface area contributed by atoms with Crippen LogP contribution in [0.5, 0.6) is 5.75 Å². The van der Waals surface area contributed by atoms with E-state index in [1.165, 1.54) is 0 Å². The average Bonchev–Trinajstić information content (AvgIpc) is 2.30. The summed E-state index contributed by atoms with van der Waals surface area (Å²) in [7, 11) is 0. The molecular formula is C14H11O. The van der Waals surface area contributed by atoms with E-state index in [1.54, 1.807) is 12.1 Å². The Morgan fingerprint density at radius 2 is 1.60 bits per heavy atom. The second kappa shape index (κ2) is 4.47. The number of benzene rings is 2. The first-order chi connectivity index (χ1) is 7.34. The molecule has 0 aromatic heterocycles. The minimum atomic E-state index is 0.173. The Kier molecular flexibility index (Phi) is 2.84. The Balaban J connectivity index is 2.15. The quantitative estimate of drug-likeness (QED) is 0.728. The monoisotopic (exact) mass is 195 g/mol. The molecule has 0 amide bonds. The molecule has 1 heteroatoms. The van der Waals surface area contributed by atoms with Gasteiger partial charge in [-0.15, -0.1) is 0 Å². The molecule has 0 saturated carbocycles. The van der Waals surface area contributed by atoms with Crippen molar-refractivity contribution >= 4 is 12.2 Å². The molecular weight excluding hydrogens is 184 g/mol. The minimum absolute atomic E-state index is 0.173. The maximum Gasteiger partial charge on any atom is 0.123 e. The standard InChI is InChI=1S/C14H11O/c15-14-10-8-13(9-11-14)7-6-12-4-2-1-3-5-12/h1-10,15H. The Labute approximate surface area is 89.3 Å². The molecule has 0 bridgehead atoms. The van der Waals surface area contributed by atoms with E-state index in [0.29, 0.717) is 0 Å². The van der Waals surface area contributed by atoms with Crippen molar-refractivity contribution in [1.29, 1.82) is 0 Å². The van der Waals surface area contributed by atoms with Crippen molar-refractivity contribution in [2.75, 3.05) is 0 Å². The van der Waals surface area contributed by atoms with Crippen LogP contribution in [0.4, 0.5) is 0 Å². The lowest BCUT2D eigenvalue weighted by atomic mass is 10.1. The molecule has 73 valence electrons. The van der Waals surface area contributed by atoms with E-state index >= 15 is 0 Å². The zero-order valence-electron chi connectivity index (χ0n) is 8.22. The van der Waals surface area contributed by atoms with Gasteiger partial charge in [0.1, 0.15) is 5.75 Å². The summed E-state index contributed by atoms with van der Waals surface area (Å²) in [5, 5.41) is 9.06. The van der Waals surface area contributed by atoms with Crippen LogP contribution in [0.1, 0.15) is 11.1 Å². The Bertz CT molecular complexity index is 441. The summed E-state index contributed by atoms with van der Waals surface area (Å²) in [4.78, 5) is 0. The fraction of sp³-hybridized carbons (Fsp3) is 0. The van der Waals surface area contributed by atoms with E-state index in [2.05, 4.69) is 6.07 Å². The number of hydrogen-bond acceptors (Lipinski definition) is 1. The third kappa shape index (κ3) is 2.71. The Hall–Kier alpha value is -2.02. The van der Waals surface area contributed by atoms with Crippen LogP contribution >= 0.6 is 0 Å². The lowest BCUT2D eigenvalue weighted by Crippen LogP contribution is -1.72. The molecule has 1 N–H and O–H groups in total. The zero-order valence-corrected chi connectivity index (χ0v) is 8.22. The Morgan fingerprint density at radius 3 is 2.27 bits per heavy atom. The minimum Gasteiger partial charge on any atom is -0.507 e. The van der Waals surface area contributed by atoms with Crippen molar-refractivity contribution in [2.45, 2.75) is 0 Å². The van der Waals surface area contributed by atoms with Gasteiger partial charge in [0.25, 0.3) is 0 Å². The smallest absolute Gasteiger partial charge is 0.123 e. The predicted octanol–water partition coefficient (Wildman–Crippen LogP) is 3.36. The summed E-state index contributed by atoms with van der Waals surface area (Å²) in [5.41, 5.74) is 2.18. The van der Waals surface area contributed by atoms with Crippen LogP contribution in [0.15, 0.2) is 48.5 Å². The topological polar surface area (TPSA) is 20.2 Å². The second-order valence-electron chi connectivity index (χ2n) is 3.25. The van der Waals surface area contributed by atoms with Crippen molar-refractivity contribution in [3.63, 3.8) is 0 Å². The van der Waals surface area contributed by atoms with Crippen LogP contribution in [0.25, 0.3) is 12.2 Å². The molecule has 0 spiro atoms. The number of phenols is 1. The summed E-state index contributed by atoms with van der Waals surface area (Å²) >= 11 is 0. The van der Waals surface area contributed by atoms with Crippen molar-refractivity contribution < 1.29 is 5.11 Å². The van der Waals surface area contributed by atoms with E-state index < -0.39 is 0 Å². The van der Waals surface area contributed by atoms with Gasteiger partial charge in [0.15, 0.2) is 0 Å². The molecule has 0 aliphatic rings. The first-order valence-corrected chi connectivity index (χ1v) is 4.78. The number of aromatic hydroxyl groups is 1. The molecule has 1 nitrogen and oxygen atoms in total. The van der Waals surface area contributed by atoms with Crippen molar-refractivity contribution in [2.24, 2.45) is 0 Å². The largest absolute Gasteiger partial charge is 0.507 e. The summed E-state index contributed by atoms with van der Waals surface area (Å²) in [6.07, 6.45) is 4.02. The molecule has 0 saturated heterocycles. The maximum absolute atomic E-state index is 9.06. The summed E-state index contributed by atoms with van der Waals surface area (Å²) in [6.45, 7) is 0. The highest BCUT2D eigenvalue weighted by Crippen LogP contribution is 2.11. The van der Waals surface area contributed by atoms with Gasteiger partial charge in [-0.05, 0) is 23.3 Å². The van der Waals surface area contributed by atoms with Crippen LogP contribution in [-0.4, -0.2) is 5.11 Å². The average molecular weight is 195 g/mol. The Morgan fingerprint density at radius 1 is 0.867 bits per heavy atom. The van der Waals surface area contributed by atoms with Gasteiger partial charge in [-0.2, -0.15) is 0 Å². The van der Waals surface area contributed by atoms with Crippen LogP contribution in [0, 0.1) is 6.07 Å². The molecule has 0 atom stereocenters. The molecule has 0 unspecified atom stereocenters. The summed E-state index contributed by atoms with van der Waals surface area (Å²) in [5.74, 6) is 0.173. The molecule has 0 aliphatic carbocycles. The lowest BCUT2D eigenvalue weighted by Gasteiger charge is -1.94. The normalized spacial score (nSPS) is 10.7. The molecule has 1 radical (unpaired) electrons. The molecule has 15 heavy (non-hydrogen) atoms. The first-order valence-electron chi connectivity index (χ1n) is 4.78. The van der Waals surface area contributed by atoms with Crippen LogP contribution in [0.2, 0.25) is 0 Å². The molecule has 0 fully saturated rings. The fourth-order valence-corrected chi connectivity index (χ4v) is 1.29. The van der Waals surface area contributed by atoms with E-state index in [4.69, 9.17) is 5.11 Å². The van der Waals surface area contributed by atoms with Crippen LogP contribution < -0.4 is 0 Å². The number of phenolic OH excluding ortho intramolecular Hbond substituents is 1. The third-order valence-corrected chi connectivity index (χ3v) is 2.09. The van der Waals surface area contributed by atoms with Crippen molar-refractivity contribution in [3.05, 3.63) is 65.7 Å². The third-order valence-electron chi connectivity index (χ3n) is 2.09. The highest BCUT2D eigenvalue weighted by molar-refractivity contribution is 5.69. The SMILES string of the molecule is Oc1[c]cc(C=Cc2ccccc2)cc1. The second-order valence-corrected chi connectivity index (χ2v) is 3.25. The van der Waals surface area contributed by atoms with Gasteiger partial charge in [-0.1, -0.05) is 48.6 Å². The van der Waals surface area contributed by atoms with Gasteiger partial charge in [0.2, 0.25) is 0 Å². The summed E-state index contributed by atoms with van der Waals surface area (Å²) < 4.78 is 0. The number of hydrogen-bond donors (Lipinski definition) is 1. The highest BCUT2D eigenvalue weighted by Gasteiger charge is 1.88. The van der Waals surface area contributed by atoms with Crippen LogP contribution in [-0.2, 0) is 0 Å². The molecule has 2 rings (SSSR count). The molecule has 0 aliphatic heterocycles. The van der Waals surface area contributed by atoms with E-state index in [0.717, 1.165) is 11.1 Å². The first kappa shape index (κ1) is 9.53. The summed E-state index contributed by atoms with van der Waals surface area (Å²) in [6, 6.07) is 18.1. The predicted molar refractivity (Wildman–Crippen MR) is 62.3 cm³/mol. The number of rotatable bonds is 2. The fourth-order valence-electron chi connectivity index (χ4n) is 1.29. The zero-order chi connectivity index (χ0) is 10.5. The highest BCUT2D eigenvalue weighted by atomic mass is 16.3. The van der Waals surface area contributed by atoms with E-state index in [1.807, 2.05) is 48.6 Å². The van der Waals surface area contributed by atoms with E-state index in [-0.39, 0.29) is 5.75 Å². The van der Waals surface area contributed by atoms with Gasteiger partial charge in [-0.25, -0.2) is 0 Å². The maximum atomic E-state index is 9.06. The van der Waals surface area contributed by atoms with Gasteiger partial charge < -0.3 is 5.11 Å². The van der Waals surface area contributed by atoms with Gasteiger partial charge >= 0.3 is 0 Å². The van der Waals surface area contributed by atoms with Gasteiger partial charge in [0.05, 0.1) is 0 Å². The van der Waals surface area contributed by atoms with Crippen molar-refractivity contribution in [1.82, 2.24) is 0 Å². The lowest BCUT2D eigenvalue weighted by molar-refractivity contribution is 0.474. The van der Waals surface area contributed by atoms with E-state index in [9.17, 15) is 0 Å². The molecule has 2 aromatic rings. The van der Waals surface area contributed by atoms with Crippen molar-refractivity contribution in [3.8, 4) is 5.75 Å². The molecule has 0 heterocycles. The van der Waals surface area contributed by atoms with Gasteiger partial charge in [-0.3, -0.25) is 0 Å².